The van der Waals surface area contributed by atoms with E-state index in [-0.39, 0.29) is 6.03 Å². The Morgan fingerprint density at radius 1 is 1.13 bits per heavy atom. The van der Waals surface area contributed by atoms with Gasteiger partial charge in [-0.05, 0) is 55.2 Å². The standard InChI is InChI=1S/C24H33N5O2/c1-4-25-23(28(2)18-19-10-12-22(31-3)13-11-19)26-17-20-8-7-9-21(16-20)27-24(30)29-14-5-6-15-29/h7-13,16H,4-6,14-15,17-18H2,1-3H3,(H,25,26)(H,27,30). The summed E-state index contributed by atoms with van der Waals surface area (Å²) in [6.07, 6.45) is 2.17. The number of anilines is 1. The van der Waals surface area contributed by atoms with Gasteiger partial charge in [-0.1, -0.05) is 24.3 Å². The normalized spacial score (nSPS) is 13.8. The smallest absolute Gasteiger partial charge is 0.321 e. The highest BCUT2D eigenvalue weighted by Crippen LogP contribution is 2.16. The number of urea groups is 1. The Labute approximate surface area is 185 Å². The van der Waals surface area contributed by atoms with Crippen LogP contribution in [-0.4, -0.2) is 55.6 Å². The second kappa shape index (κ2) is 11.2. The van der Waals surface area contributed by atoms with Gasteiger partial charge in [-0.25, -0.2) is 9.79 Å². The van der Waals surface area contributed by atoms with Crippen LogP contribution in [0.5, 0.6) is 5.75 Å². The van der Waals surface area contributed by atoms with Crippen molar-refractivity contribution in [3.63, 3.8) is 0 Å². The van der Waals surface area contributed by atoms with Crippen molar-refractivity contribution in [1.29, 1.82) is 0 Å². The molecule has 31 heavy (non-hydrogen) atoms. The molecule has 1 aliphatic rings. The first kappa shape index (κ1) is 22.5. The maximum absolute atomic E-state index is 12.3. The van der Waals surface area contributed by atoms with Crippen molar-refractivity contribution >= 4 is 17.7 Å². The number of rotatable bonds is 7. The van der Waals surface area contributed by atoms with Crippen LogP contribution in [0.1, 0.15) is 30.9 Å². The summed E-state index contributed by atoms with van der Waals surface area (Å²) in [5.41, 5.74) is 3.04. The third-order valence-electron chi connectivity index (χ3n) is 5.26. The second-order valence-corrected chi connectivity index (χ2v) is 7.70. The molecule has 0 unspecified atom stereocenters. The number of benzene rings is 2. The molecule has 1 saturated heterocycles. The highest BCUT2D eigenvalue weighted by Gasteiger charge is 2.17. The number of nitrogens with one attached hydrogen (secondary N) is 2. The minimum absolute atomic E-state index is 0.0225. The second-order valence-electron chi connectivity index (χ2n) is 7.70. The summed E-state index contributed by atoms with van der Waals surface area (Å²) in [6, 6.07) is 15.9. The van der Waals surface area contributed by atoms with Crippen LogP contribution in [0.2, 0.25) is 0 Å². The van der Waals surface area contributed by atoms with E-state index in [9.17, 15) is 4.79 Å². The van der Waals surface area contributed by atoms with Gasteiger partial charge in [-0.2, -0.15) is 0 Å². The molecule has 2 amide bonds. The van der Waals surface area contributed by atoms with Crippen LogP contribution in [-0.2, 0) is 13.1 Å². The summed E-state index contributed by atoms with van der Waals surface area (Å²) in [5.74, 6) is 1.69. The molecule has 1 aliphatic heterocycles. The third kappa shape index (κ3) is 6.64. The van der Waals surface area contributed by atoms with Crippen molar-refractivity contribution in [1.82, 2.24) is 15.1 Å². The van der Waals surface area contributed by atoms with Crippen LogP contribution in [0.15, 0.2) is 53.5 Å². The third-order valence-corrected chi connectivity index (χ3v) is 5.26. The summed E-state index contributed by atoms with van der Waals surface area (Å²) in [7, 11) is 3.70. The molecule has 2 aromatic rings. The van der Waals surface area contributed by atoms with Gasteiger partial charge >= 0.3 is 6.03 Å². The molecule has 0 aliphatic carbocycles. The number of likely N-dealkylation sites (tertiary alicyclic amines) is 1. The minimum Gasteiger partial charge on any atom is -0.497 e. The van der Waals surface area contributed by atoms with Crippen molar-refractivity contribution in [2.24, 2.45) is 4.99 Å². The van der Waals surface area contributed by atoms with E-state index in [2.05, 4.69) is 34.6 Å². The fourth-order valence-corrected chi connectivity index (χ4v) is 3.59. The zero-order valence-corrected chi connectivity index (χ0v) is 18.7. The lowest BCUT2D eigenvalue weighted by atomic mass is 10.2. The van der Waals surface area contributed by atoms with Crippen molar-refractivity contribution in [2.45, 2.75) is 32.9 Å². The van der Waals surface area contributed by atoms with E-state index in [1.807, 2.05) is 48.3 Å². The molecule has 0 aromatic heterocycles. The zero-order chi connectivity index (χ0) is 22.1. The van der Waals surface area contributed by atoms with Gasteiger partial charge in [0.1, 0.15) is 5.75 Å². The highest BCUT2D eigenvalue weighted by atomic mass is 16.5. The van der Waals surface area contributed by atoms with Gasteiger partial charge in [-0.3, -0.25) is 0 Å². The molecular weight excluding hydrogens is 390 g/mol. The van der Waals surface area contributed by atoms with Gasteiger partial charge in [0.15, 0.2) is 5.96 Å². The number of amides is 2. The number of nitrogens with zero attached hydrogens (tertiary/aromatic N) is 3. The van der Waals surface area contributed by atoms with Crippen LogP contribution < -0.4 is 15.4 Å². The Bertz CT molecular complexity index is 876. The number of ether oxygens (including phenoxy) is 1. The van der Waals surface area contributed by atoms with Crippen LogP contribution in [0.25, 0.3) is 0 Å². The summed E-state index contributed by atoms with van der Waals surface area (Å²) in [4.78, 5) is 21.1. The molecule has 0 spiro atoms. The molecular formula is C24H33N5O2. The average Bonchev–Trinajstić information content (AvgIpc) is 3.32. The van der Waals surface area contributed by atoms with Crippen LogP contribution in [0, 0.1) is 0 Å². The van der Waals surface area contributed by atoms with Gasteiger partial charge in [0.05, 0.1) is 13.7 Å². The number of aliphatic imine (C=N–C) groups is 1. The van der Waals surface area contributed by atoms with Gasteiger partial charge in [0, 0.05) is 38.9 Å². The number of carbonyl (C=O) groups is 1. The maximum atomic E-state index is 12.3. The van der Waals surface area contributed by atoms with E-state index in [0.29, 0.717) is 6.54 Å². The fraction of sp³-hybridized carbons (Fsp3) is 0.417. The lowest BCUT2D eigenvalue weighted by molar-refractivity contribution is 0.222. The lowest BCUT2D eigenvalue weighted by Gasteiger charge is -2.22. The van der Waals surface area contributed by atoms with Crippen molar-refractivity contribution in [2.75, 3.05) is 39.1 Å². The Hall–Kier alpha value is -3.22. The number of carbonyl (C=O) groups excluding carboxylic acids is 1. The van der Waals surface area contributed by atoms with Gasteiger partial charge in [-0.15, -0.1) is 0 Å². The molecule has 1 heterocycles. The fourth-order valence-electron chi connectivity index (χ4n) is 3.59. The Morgan fingerprint density at radius 2 is 1.87 bits per heavy atom. The van der Waals surface area contributed by atoms with Crippen LogP contribution >= 0.6 is 0 Å². The topological polar surface area (TPSA) is 69.2 Å². The van der Waals surface area contributed by atoms with Crippen molar-refractivity contribution in [3.8, 4) is 5.75 Å². The van der Waals surface area contributed by atoms with E-state index in [1.165, 1.54) is 5.56 Å². The largest absolute Gasteiger partial charge is 0.497 e. The van der Waals surface area contributed by atoms with Gasteiger partial charge < -0.3 is 25.2 Å². The average molecular weight is 424 g/mol. The van der Waals surface area contributed by atoms with E-state index >= 15 is 0 Å². The molecule has 0 radical (unpaired) electrons. The number of hydrogen-bond donors (Lipinski definition) is 2. The van der Waals surface area contributed by atoms with Gasteiger partial charge in [0.25, 0.3) is 0 Å². The van der Waals surface area contributed by atoms with Crippen LogP contribution in [0.4, 0.5) is 10.5 Å². The van der Waals surface area contributed by atoms with Crippen LogP contribution in [0.3, 0.4) is 0 Å². The maximum Gasteiger partial charge on any atom is 0.321 e. The Morgan fingerprint density at radius 3 is 2.55 bits per heavy atom. The summed E-state index contributed by atoms with van der Waals surface area (Å²) in [6.45, 7) is 5.79. The molecule has 166 valence electrons. The molecule has 1 fully saturated rings. The number of hydrogen-bond acceptors (Lipinski definition) is 3. The molecule has 0 bridgehead atoms. The molecule has 7 nitrogen and oxygen atoms in total. The molecule has 0 saturated carbocycles. The molecule has 0 atom stereocenters. The monoisotopic (exact) mass is 423 g/mol. The number of guanidine groups is 1. The summed E-state index contributed by atoms with van der Waals surface area (Å²) in [5, 5.41) is 6.36. The Kier molecular flexibility index (Phi) is 8.15. The SMILES string of the molecule is CCNC(=NCc1cccc(NC(=O)N2CCCC2)c1)N(C)Cc1ccc(OC)cc1. The minimum atomic E-state index is -0.0225. The first-order chi connectivity index (χ1) is 15.1. The van der Waals surface area contributed by atoms with E-state index < -0.39 is 0 Å². The van der Waals surface area contributed by atoms with Gasteiger partial charge in [0.2, 0.25) is 0 Å². The molecule has 2 aromatic carbocycles. The molecule has 2 N–H and O–H groups in total. The van der Waals surface area contributed by atoms with E-state index in [1.54, 1.807) is 7.11 Å². The number of methoxy groups -OCH3 is 1. The predicted molar refractivity (Wildman–Crippen MR) is 126 cm³/mol. The van der Waals surface area contributed by atoms with E-state index in [0.717, 1.165) is 62.0 Å². The predicted octanol–water partition coefficient (Wildman–Crippen LogP) is 3.92. The van der Waals surface area contributed by atoms with E-state index in [4.69, 9.17) is 9.73 Å². The lowest BCUT2D eigenvalue weighted by Crippen LogP contribution is -2.38. The Balaban J connectivity index is 1.62. The van der Waals surface area contributed by atoms with Crippen molar-refractivity contribution < 1.29 is 9.53 Å². The molecule has 3 rings (SSSR count). The van der Waals surface area contributed by atoms with Crippen molar-refractivity contribution in [3.05, 3.63) is 59.7 Å². The first-order valence-corrected chi connectivity index (χ1v) is 10.9. The summed E-state index contributed by atoms with van der Waals surface area (Å²) < 4.78 is 5.23. The summed E-state index contributed by atoms with van der Waals surface area (Å²) >= 11 is 0. The highest BCUT2D eigenvalue weighted by molar-refractivity contribution is 5.89. The first-order valence-electron chi connectivity index (χ1n) is 10.9. The zero-order valence-electron chi connectivity index (χ0n) is 18.7. The quantitative estimate of drug-likeness (QED) is 0.523. The molecule has 7 heteroatoms.